The molecule has 1 unspecified atom stereocenters. The molecule has 0 spiro atoms. The first-order valence-electron chi connectivity index (χ1n) is 9.99. The number of nitriles is 1. The van der Waals surface area contributed by atoms with Gasteiger partial charge in [-0.2, -0.15) is 5.26 Å². The second-order valence-corrected chi connectivity index (χ2v) is 8.71. The van der Waals surface area contributed by atoms with Gasteiger partial charge in [-0.3, -0.25) is 4.90 Å². The maximum Gasteiger partial charge on any atom is 0.422 e. The molecule has 10 nitrogen and oxygen atoms in total. The number of aryl methyl sites for hydroxylation is 1. The summed E-state index contributed by atoms with van der Waals surface area (Å²) in [5, 5.41) is 22.9. The lowest BCUT2D eigenvalue weighted by molar-refractivity contribution is -0.390. The fourth-order valence-corrected chi connectivity index (χ4v) is 4.06. The van der Waals surface area contributed by atoms with Gasteiger partial charge in [-0.05, 0) is 36.7 Å². The summed E-state index contributed by atoms with van der Waals surface area (Å²) in [6, 6.07) is 8.82. The molecule has 0 N–H and O–H groups in total. The number of morpholine rings is 1. The molecule has 1 fully saturated rings. The van der Waals surface area contributed by atoms with Gasteiger partial charge in [0.15, 0.2) is 11.2 Å². The molecule has 0 amide bonds. The van der Waals surface area contributed by atoms with Crippen LogP contribution in [0.3, 0.4) is 0 Å². The van der Waals surface area contributed by atoms with E-state index in [0.717, 1.165) is 4.57 Å². The van der Waals surface area contributed by atoms with E-state index in [9.17, 15) is 20.2 Å². The molecule has 170 valence electrons. The lowest BCUT2D eigenvalue weighted by Crippen LogP contribution is -2.53. The summed E-state index contributed by atoms with van der Waals surface area (Å²) in [7, 11) is 0. The maximum absolute atomic E-state index is 13.2. The molecule has 0 bridgehead atoms. The predicted octanol–water partition coefficient (Wildman–Crippen LogP) is 3.64. The van der Waals surface area contributed by atoms with E-state index in [1.807, 2.05) is 0 Å². The molecular weight excluding hydrogens is 438 g/mol. The van der Waals surface area contributed by atoms with Crippen LogP contribution in [0.25, 0.3) is 0 Å². The number of benzene rings is 1. The van der Waals surface area contributed by atoms with Gasteiger partial charge >= 0.3 is 11.9 Å². The van der Waals surface area contributed by atoms with Crippen molar-refractivity contribution in [2.45, 2.75) is 38.8 Å². The number of rotatable bonds is 4. The minimum atomic E-state index is -1.79. The van der Waals surface area contributed by atoms with Crippen molar-refractivity contribution in [2.75, 3.05) is 26.3 Å². The van der Waals surface area contributed by atoms with E-state index in [2.05, 4.69) is 11.1 Å². The van der Waals surface area contributed by atoms with E-state index < -0.39 is 28.0 Å². The van der Waals surface area contributed by atoms with Crippen molar-refractivity contribution in [1.82, 2.24) is 14.5 Å². The van der Waals surface area contributed by atoms with Crippen molar-refractivity contribution in [3.63, 3.8) is 0 Å². The van der Waals surface area contributed by atoms with Crippen LogP contribution in [0.15, 0.2) is 24.3 Å². The van der Waals surface area contributed by atoms with E-state index in [1.54, 1.807) is 49.9 Å². The highest BCUT2D eigenvalue weighted by atomic mass is 35.5. The number of imidazole rings is 1. The first-order valence-corrected chi connectivity index (χ1v) is 10.4. The van der Waals surface area contributed by atoms with E-state index in [1.165, 1.54) is 6.92 Å². The maximum atomic E-state index is 13.2. The molecule has 1 aliphatic rings. The number of carbonyl (C=O) groups excluding carboxylic acids is 1. The molecule has 0 radical (unpaired) electrons. The minimum Gasteiger partial charge on any atom is -0.443 e. The Bertz CT molecular complexity index is 1080. The molecule has 32 heavy (non-hydrogen) atoms. The lowest BCUT2D eigenvalue weighted by Gasteiger charge is -2.41. The topological polar surface area (TPSA) is 124 Å². The number of hydrogen-bond donors (Lipinski definition) is 0. The SMILES string of the molecule is Cc1nc([N+](=O)[O-])c(C(C#N)(c2ccccc2Cl)N2CCOCC2)n1C(=O)OC(C)(C)C. The van der Waals surface area contributed by atoms with Crippen molar-refractivity contribution < 1.29 is 19.2 Å². The number of nitrogens with zero attached hydrogens (tertiary/aromatic N) is 5. The highest BCUT2D eigenvalue weighted by molar-refractivity contribution is 6.31. The Kier molecular flexibility index (Phi) is 6.55. The summed E-state index contributed by atoms with van der Waals surface area (Å²) in [5.74, 6) is -0.581. The molecule has 1 saturated heterocycles. The average molecular weight is 462 g/mol. The molecule has 1 aromatic carbocycles. The van der Waals surface area contributed by atoms with Gasteiger partial charge in [0.05, 0.1) is 19.3 Å². The fraction of sp³-hybridized carbons (Fsp3) is 0.476. The van der Waals surface area contributed by atoms with Crippen LogP contribution < -0.4 is 0 Å². The molecule has 1 aromatic heterocycles. The monoisotopic (exact) mass is 461 g/mol. The third kappa shape index (κ3) is 4.19. The third-order valence-electron chi connectivity index (χ3n) is 5.03. The smallest absolute Gasteiger partial charge is 0.422 e. The molecule has 2 heterocycles. The summed E-state index contributed by atoms with van der Waals surface area (Å²) < 4.78 is 11.9. The standard InChI is InChI=1S/C21H24ClN5O5/c1-14-24-18(27(29)30)17(26(14)19(28)32-20(2,3)4)21(13-23,25-9-11-31-12-10-25)15-7-5-6-8-16(15)22/h5-8H,9-12H2,1-4H3. The van der Waals surface area contributed by atoms with Crippen molar-refractivity contribution in [2.24, 2.45) is 0 Å². The predicted molar refractivity (Wildman–Crippen MR) is 115 cm³/mol. The molecular formula is C21H24ClN5O5. The molecule has 1 aliphatic heterocycles. The summed E-state index contributed by atoms with van der Waals surface area (Å²) in [4.78, 5) is 30.3. The van der Waals surface area contributed by atoms with Crippen LogP contribution >= 0.6 is 11.6 Å². The minimum absolute atomic E-state index is 0.0286. The fourth-order valence-electron chi connectivity index (χ4n) is 3.78. The normalized spacial score (nSPS) is 16.8. The van der Waals surface area contributed by atoms with Crippen LogP contribution in [0.1, 0.15) is 37.9 Å². The number of halogens is 1. The highest BCUT2D eigenvalue weighted by Gasteiger charge is 2.52. The van der Waals surface area contributed by atoms with Gasteiger partial charge in [0.1, 0.15) is 5.60 Å². The Morgan fingerprint density at radius 2 is 1.94 bits per heavy atom. The van der Waals surface area contributed by atoms with Gasteiger partial charge in [-0.25, -0.2) is 9.36 Å². The first kappa shape index (κ1) is 23.7. The van der Waals surface area contributed by atoms with Crippen molar-refractivity contribution in [3.05, 3.63) is 56.5 Å². The van der Waals surface area contributed by atoms with Crippen LogP contribution in [-0.2, 0) is 15.0 Å². The lowest BCUT2D eigenvalue weighted by atomic mass is 9.85. The molecule has 11 heteroatoms. The second kappa shape index (κ2) is 8.86. The number of nitro groups is 1. The first-order chi connectivity index (χ1) is 15.0. The van der Waals surface area contributed by atoms with E-state index in [4.69, 9.17) is 21.1 Å². The molecule has 0 saturated carbocycles. The van der Waals surface area contributed by atoms with Gasteiger partial charge in [0.2, 0.25) is 5.82 Å². The zero-order chi connectivity index (χ0) is 23.7. The Balaban J connectivity index is 2.41. The Morgan fingerprint density at radius 1 is 1.31 bits per heavy atom. The van der Waals surface area contributed by atoms with E-state index in [-0.39, 0.29) is 29.6 Å². The molecule has 3 rings (SSSR count). The number of carbonyl (C=O) groups is 1. The van der Waals surface area contributed by atoms with Crippen LogP contribution in [0, 0.1) is 28.4 Å². The summed E-state index contributed by atoms with van der Waals surface area (Å²) in [6.45, 7) is 7.68. The number of aromatic nitrogens is 2. The molecule has 2 aromatic rings. The van der Waals surface area contributed by atoms with Crippen molar-refractivity contribution in [1.29, 1.82) is 5.26 Å². The van der Waals surface area contributed by atoms with E-state index in [0.29, 0.717) is 18.8 Å². The zero-order valence-electron chi connectivity index (χ0n) is 18.3. The van der Waals surface area contributed by atoms with Gasteiger partial charge in [0, 0.05) is 30.6 Å². The molecule has 0 aliphatic carbocycles. The largest absolute Gasteiger partial charge is 0.443 e. The summed E-state index contributed by atoms with van der Waals surface area (Å²) in [6.07, 6.45) is -0.870. The van der Waals surface area contributed by atoms with Crippen LogP contribution in [0.5, 0.6) is 0 Å². The number of hydrogen-bond acceptors (Lipinski definition) is 8. The van der Waals surface area contributed by atoms with Crippen molar-refractivity contribution >= 4 is 23.5 Å². The van der Waals surface area contributed by atoms with Gasteiger partial charge in [-0.15, -0.1) is 0 Å². The van der Waals surface area contributed by atoms with Gasteiger partial charge in [0.25, 0.3) is 0 Å². The quantitative estimate of drug-likeness (QED) is 0.499. The Morgan fingerprint density at radius 3 is 2.47 bits per heavy atom. The van der Waals surface area contributed by atoms with Gasteiger partial charge in [-0.1, -0.05) is 29.8 Å². The summed E-state index contributed by atoms with van der Waals surface area (Å²) >= 11 is 6.51. The average Bonchev–Trinajstić information content (AvgIpc) is 3.08. The molecule has 1 atom stereocenters. The van der Waals surface area contributed by atoms with Crippen LogP contribution in [0.2, 0.25) is 5.02 Å². The van der Waals surface area contributed by atoms with Crippen molar-refractivity contribution in [3.8, 4) is 6.07 Å². The second-order valence-electron chi connectivity index (χ2n) is 8.31. The van der Waals surface area contributed by atoms with Gasteiger partial charge < -0.3 is 19.6 Å². The summed E-state index contributed by atoms with van der Waals surface area (Å²) in [5.41, 5.74) is -2.58. The van der Waals surface area contributed by atoms with Crippen LogP contribution in [0.4, 0.5) is 10.6 Å². The Hall–Kier alpha value is -3.00. The highest BCUT2D eigenvalue weighted by Crippen LogP contribution is 2.43. The Labute approximate surface area is 190 Å². The van der Waals surface area contributed by atoms with Crippen LogP contribution in [-0.4, -0.2) is 57.4 Å². The van der Waals surface area contributed by atoms with E-state index >= 15 is 0 Å². The zero-order valence-corrected chi connectivity index (χ0v) is 19.0. The third-order valence-corrected chi connectivity index (χ3v) is 5.36. The number of ether oxygens (including phenoxy) is 2.